The summed E-state index contributed by atoms with van der Waals surface area (Å²) in [6, 6.07) is 5.04. The van der Waals surface area contributed by atoms with Gasteiger partial charge in [0.05, 0.1) is 6.04 Å². The van der Waals surface area contributed by atoms with Crippen molar-refractivity contribution in [2.24, 2.45) is 11.7 Å². The average molecular weight is 372 g/mol. The second kappa shape index (κ2) is 8.11. The van der Waals surface area contributed by atoms with E-state index in [0.717, 1.165) is 17.0 Å². The van der Waals surface area contributed by atoms with E-state index < -0.39 is 0 Å². The molecule has 1 unspecified atom stereocenters. The number of benzene rings is 1. The van der Waals surface area contributed by atoms with Gasteiger partial charge in [-0.15, -0.1) is 11.3 Å². The van der Waals surface area contributed by atoms with Gasteiger partial charge in [0.2, 0.25) is 0 Å². The highest BCUT2D eigenvalue weighted by Gasteiger charge is 2.16. The van der Waals surface area contributed by atoms with E-state index in [0.29, 0.717) is 28.2 Å². The van der Waals surface area contributed by atoms with Crippen molar-refractivity contribution in [1.29, 1.82) is 0 Å². The van der Waals surface area contributed by atoms with Crippen LogP contribution in [0.1, 0.15) is 47.4 Å². The maximum Gasteiger partial charge on any atom is 0.271 e. The van der Waals surface area contributed by atoms with Gasteiger partial charge in [0.25, 0.3) is 5.91 Å². The Bertz CT molecular complexity index is 688. The summed E-state index contributed by atoms with van der Waals surface area (Å²) in [5.74, 6) is 0.244. The number of amides is 1. The first-order valence-electron chi connectivity index (χ1n) is 7.30. The molecule has 7 heteroatoms. The minimum Gasteiger partial charge on any atom is -0.347 e. The van der Waals surface area contributed by atoms with E-state index in [9.17, 15) is 4.79 Å². The average Bonchev–Trinajstić information content (AvgIpc) is 2.95. The van der Waals surface area contributed by atoms with Crippen molar-refractivity contribution in [3.8, 4) is 0 Å². The molecule has 0 fully saturated rings. The summed E-state index contributed by atoms with van der Waals surface area (Å²) in [6.07, 6.45) is 0.842. The molecule has 1 aromatic carbocycles. The predicted molar refractivity (Wildman–Crippen MR) is 96.1 cm³/mol. The second-order valence-electron chi connectivity index (χ2n) is 5.73. The monoisotopic (exact) mass is 371 g/mol. The molecule has 0 radical (unpaired) electrons. The maximum absolute atomic E-state index is 12.2. The summed E-state index contributed by atoms with van der Waals surface area (Å²) in [5.41, 5.74) is 7.28. The number of nitrogens with zero attached hydrogens (tertiary/aromatic N) is 1. The molecule has 1 heterocycles. The van der Waals surface area contributed by atoms with Gasteiger partial charge in [-0.25, -0.2) is 4.98 Å². The second-order valence-corrected chi connectivity index (χ2v) is 7.46. The summed E-state index contributed by atoms with van der Waals surface area (Å²) >= 11 is 13.4. The fraction of sp³-hybridized carbons (Fsp3) is 0.375. The number of carbonyl (C=O) groups is 1. The van der Waals surface area contributed by atoms with Crippen LogP contribution in [-0.4, -0.2) is 10.9 Å². The summed E-state index contributed by atoms with van der Waals surface area (Å²) in [5, 5.41) is 6.41. The summed E-state index contributed by atoms with van der Waals surface area (Å²) in [6.45, 7) is 4.54. The van der Waals surface area contributed by atoms with E-state index >= 15 is 0 Å². The number of carbonyl (C=O) groups excluding carboxylic acids is 1. The third-order valence-corrected chi connectivity index (χ3v) is 4.82. The SMILES string of the molecule is CC(C)CC(N)c1nc(C(=O)NCc2ccc(Cl)cc2Cl)cs1. The lowest BCUT2D eigenvalue weighted by molar-refractivity contribution is 0.0946. The van der Waals surface area contributed by atoms with Gasteiger partial charge >= 0.3 is 0 Å². The van der Waals surface area contributed by atoms with Crippen molar-refractivity contribution in [2.45, 2.75) is 32.9 Å². The standard InChI is InChI=1S/C16H19Cl2N3OS/c1-9(2)5-13(19)16-21-14(8-23-16)15(22)20-7-10-3-4-11(17)6-12(10)18/h3-4,6,8-9,13H,5,7,19H2,1-2H3,(H,20,22). The molecular weight excluding hydrogens is 353 g/mol. The van der Waals surface area contributed by atoms with Gasteiger partial charge in [-0.05, 0) is 30.0 Å². The third kappa shape index (κ3) is 5.18. The van der Waals surface area contributed by atoms with E-state index in [-0.39, 0.29) is 11.9 Å². The number of aromatic nitrogens is 1. The van der Waals surface area contributed by atoms with Gasteiger partial charge in [-0.2, -0.15) is 0 Å². The van der Waals surface area contributed by atoms with Crippen molar-refractivity contribution in [1.82, 2.24) is 10.3 Å². The fourth-order valence-corrected chi connectivity index (χ4v) is 3.39. The lowest BCUT2D eigenvalue weighted by Crippen LogP contribution is -2.23. The number of hydrogen-bond donors (Lipinski definition) is 2. The summed E-state index contributed by atoms with van der Waals surface area (Å²) < 4.78 is 0. The van der Waals surface area contributed by atoms with Gasteiger partial charge in [0, 0.05) is 22.0 Å². The Balaban J connectivity index is 1.97. The number of thiazole rings is 1. The van der Waals surface area contributed by atoms with Crippen LogP contribution in [-0.2, 0) is 6.54 Å². The Morgan fingerprint density at radius 3 is 2.78 bits per heavy atom. The minimum absolute atomic E-state index is 0.132. The molecule has 0 aliphatic carbocycles. The van der Waals surface area contributed by atoms with Crippen molar-refractivity contribution < 1.29 is 4.79 Å². The molecule has 0 aliphatic rings. The van der Waals surface area contributed by atoms with Gasteiger partial charge in [0.15, 0.2) is 0 Å². The molecule has 0 bridgehead atoms. The van der Waals surface area contributed by atoms with E-state index in [4.69, 9.17) is 28.9 Å². The number of halogens is 2. The lowest BCUT2D eigenvalue weighted by Gasteiger charge is -2.10. The van der Waals surface area contributed by atoms with Gasteiger partial charge in [-0.3, -0.25) is 4.79 Å². The molecule has 3 N–H and O–H groups in total. The van der Waals surface area contributed by atoms with Gasteiger partial charge in [0.1, 0.15) is 10.7 Å². The Hall–Kier alpha value is -1.14. The number of nitrogens with two attached hydrogens (primary N) is 1. The molecule has 2 rings (SSSR count). The van der Waals surface area contributed by atoms with E-state index in [1.165, 1.54) is 11.3 Å². The molecule has 0 saturated carbocycles. The van der Waals surface area contributed by atoms with Crippen LogP contribution in [0, 0.1) is 5.92 Å². The quantitative estimate of drug-likeness (QED) is 0.788. The molecule has 1 amide bonds. The van der Waals surface area contributed by atoms with Crippen molar-refractivity contribution in [3.05, 3.63) is 49.9 Å². The van der Waals surface area contributed by atoms with Gasteiger partial charge < -0.3 is 11.1 Å². The summed E-state index contributed by atoms with van der Waals surface area (Å²) in [7, 11) is 0. The Labute approximate surface area is 150 Å². The number of rotatable bonds is 6. The number of nitrogens with one attached hydrogen (secondary N) is 1. The maximum atomic E-state index is 12.2. The van der Waals surface area contributed by atoms with E-state index in [1.807, 2.05) is 0 Å². The van der Waals surface area contributed by atoms with Crippen LogP contribution in [0.5, 0.6) is 0 Å². The lowest BCUT2D eigenvalue weighted by atomic mass is 10.1. The molecule has 1 atom stereocenters. The van der Waals surface area contributed by atoms with Crippen molar-refractivity contribution >= 4 is 40.4 Å². The smallest absolute Gasteiger partial charge is 0.271 e. The molecular formula is C16H19Cl2N3OS. The topological polar surface area (TPSA) is 68.0 Å². The Kier molecular flexibility index (Phi) is 6.41. The Morgan fingerprint density at radius 2 is 2.13 bits per heavy atom. The molecule has 23 heavy (non-hydrogen) atoms. The zero-order chi connectivity index (χ0) is 17.0. The normalized spacial score (nSPS) is 12.4. The molecule has 2 aromatic rings. The first-order chi connectivity index (χ1) is 10.9. The largest absolute Gasteiger partial charge is 0.347 e. The Morgan fingerprint density at radius 1 is 1.39 bits per heavy atom. The molecule has 0 spiro atoms. The third-order valence-electron chi connectivity index (χ3n) is 3.25. The van der Waals surface area contributed by atoms with Crippen LogP contribution in [0.4, 0.5) is 0 Å². The highest BCUT2D eigenvalue weighted by molar-refractivity contribution is 7.09. The van der Waals surface area contributed by atoms with Gasteiger partial charge in [-0.1, -0.05) is 43.1 Å². The fourth-order valence-electron chi connectivity index (χ4n) is 2.10. The first-order valence-corrected chi connectivity index (χ1v) is 8.93. The zero-order valence-corrected chi connectivity index (χ0v) is 15.3. The molecule has 1 aromatic heterocycles. The van der Waals surface area contributed by atoms with Crippen LogP contribution >= 0.6 is 34.5 Å². The first kappa shape index (κ1) is 18.2. The van der Waals surface area contributed by atoms with Crippen molar-refractivity contribution in [3.63, 3.8) is 0 Å². The van der Waals surface area contributed by atoms with Crippen molar-refractivity contribution in [2.75, 3.05) is 0 Å². The molecule has 4 nitrogen and oxygen atoms in total. The zero-order valence-electron chi connectivity index (χ0n) is 13.0. The molecule has 0 aliphatic heterocycles. The minimum atomic E-state index is -0.240. The summed E-state index contributed by atoms with van der Waals surface area (Å²) in [4.78, 5) is 16.5. The van der Waals surface area contributed by atoms with Crippen LogP contribution in [0.25, 0.3) is 0 Å². The van der Waals surface area contributed by atoms with Crippen LogP contribution in [0.15, 0.2) is 23.6 Å². The highest BCUT2D eigenvalue weighted by Crippen LogP contribution is 2.23. The number of hydrogen-bond acceptors (Lipinski definition) is 4. The molecule has 0 saturated heterocycles. The van der Waals surface area contributed by atoms with E-state index in [1.54, 1.807) is 23.6 Å². The molecule has 124 valence electrons. The highest BCUT2D eigenvalue weighted by atomic mass is 35.5. The van der Waals surface area contributed by atoms with E-state index in [2.05, 4.69) is 24.1 Å². The van der Waals surface area contributed by atoms with Crippen LogP contribution < -0.4 is 11.1 Å². The van der Waals surface area contributed by atoms with Crippen LogP contribution in [0.2, 0.25) is 10.0 Å². The predicted octanol–water partition coefficient (Wildman–Crippen LogP) is 4.43. The van der Waals surface area contributed by atoms with Crippen LogP contribution in [0.3, 0.4) is 0 Å².